The maximum atomic E-state index is 10.8. The summed E-state index contributed by atoms with van der Waals surface area (Å²) in [6.45, 7) is 0.438. The van der Waals surface area contributed by atoms with E-state index in [1.165, 1.54) is 14.5 Å². The van der Waals surface area contributed by atoms with Crippen LogP contribution in [0.3, 0.4) is 0 Å². The van der Waals surface area contributed by atoms with Crippen LogP contribution < -0.4 is 31.8 Å². The minimum Gasteiger partial charge on any atom is -0.411 e. The van der Waals surface area contributed by atoms with Gasteiger partial charge in [-0.2, -0.15) is 5.26 Å². The van der Waals surface area contributed by atoms with Crippen molar-refractivity contribution in [1.29, 1.82) is 5.26 Å². The van der Waals surface area contributed by atoms with E-state index in [0.29, 0.717) is 49.3 Å². The number of nitrogens with two attached hydrogens (primary N) is 1. The topological polar surface area (TPSA) is 347 Å². The van der Waals surface area contributed by atoms with Crippen LogP contribution in [-0.4, -0.2) is 118 Å². The Morgan fingerprint density at radius 2 is 0.987 bits per heavy atom. The van der Waals surface area contributed by atoms with Gasteiger partial charge in [-0.1, -0.05) is 54.3 Å². The first-order valence-corrected chi connectivity index (χ1v) is 22.9. The Bertz CT molecular complexity index is 3580. The lowest BCUT2D eigenvalue weighted by Gasteiger charge is -2.05. The van der Waals surface area contributed by atoms with Crippen molar-refractivity contribution in [3.63, 3.8) is 0 Å². The van der Waals surface area contributed by atoms with Gasteiger partial charge in [0.05, 0.1) is 30.9 Å². The van der Waals surface area contributed by atoms with Crippen molar-refractivity contribution in [2.75, 3.05) is 41.7 Å². The van der Waals surface area contributed by atoms with Crippen molar-refractivity contribution in [3.8, 4) is 6.07 Å². The maximum absolute atomic E-state index is 10.8. The van der Waals surface area contributed by atoms with Crippen molar-refractivity contribution in [2.45, 2.75) is 51.4 Å². The largest absolute Gasteiger partial charge is 0.438 e. The number of fused-ring (bicyclic) bond motifs is 4. The van der Waals surface area contributed by atoms with Gasteiger partial charge in [-0.15, -0.1) is 25.2 Å². The molecule has 0 fully saturated rings. The van der Waals surface area contributed by atoms with Crippen LogP contribution in [0.2, 0.25) is 0 Å². The second-order valence-electron chi connectivity index (χ2n) is 16.1. The van der Waals surface area contributed by atoms with Crippen LogP contribution in [0.4, 0.5) is 0 Å². The minimum atomic E-state index is -0.540. The first-order valence-electron chi connectivity index (χ1n) is 22.9. The lowest BCUT2D eigenvalue weighted by molar-refractivity contribution is -0.0465. The molecule has 10 rings (SSSR count). The van der Waals surface area contributed by atoms with Gasteiger partial charge < -0.3 is 44.9 Å². The molecule has 6 aromatic heterocycles. The second-order valence-corrected chi connectivity index (χ2v) is 16.1. The number of aryl methyl sites for hydroxylation is 6. The third kappa shape index (κ3) is 15.0. The van der Waals surface area contributed by atoms with Crippen LogP contribution >= 0.6 is 0 Å². The molecule has 392 valence electrons. The number of benzene rings is 4. The number of H-pyrrole nitrogens is 2. The number of rotatable bonds is 20. The zero-order chi connectivity index (χ0) is 52.9. The molecule has 6 N–H and O–H groups in total. The highest BCUT2D eigenvalue weighted by Gasteiger charge is 2.10. The van der Waals surface area contributed by atoms with E-state index in [-0.39, 0.29) is 26.2 Å². The van der Waals surface area contributed by atoms with E-state index in [4.69, 9.17) is 44.9 Å². The first kappa shape index (κ1) is 53.3. The summed E-state index contributed by atoms with van der Waals surface area (Å²) in [5.41, 5.74) is 13.1. The molecule has 27 heteroatoms. The van der Waals surface area contributed by atoms with Crippen molar-refractivity contribution in [3.05, 3.63) is 153 Å². The Kier molecular flexibility index (Phi) is 19.0. The molecule has 0 saturated carbocycles. The SMILES string of the molecule is COCOn1ncc2cc(CC/C(N)=N/O)ccc21.COCOn1ncc2cc(CCC#N)ccc21.COCOn1ncc2cc(CCc3noc(=O)[nH]3)ccc21.O=c1[nH]c(CCc2ccc3c(cnn3O)c2)no1. The van der Waals surface area contributed by atoms with Gasteiger partial charge in [-0.25, -0.2) is 9.59 Å². The van der Waals surface area contributed by atoms with Crippen LogP contribution in [0.25, 0.3) is 43.6 Å². The zero-order valence-corrected chi connectivity index (χ0v) is 40.9. The highest BCUT2D eigenvalue weighted by molar-refractivity contribution is 5.82. The molecule has 0 saturated heterocycles. The predicted octanol–water partition coefficient (Wildman–Crippen LogP) is 3.54. The van der Waals surface area contributed by atoms with Crippen molar-refractivity contribution < 1.29 is 48.2 Å². The van der Waals surface area contributed by atoms with E-state index in [1.807, 2.05) is 66.7 Å². The Hall–Kier alpha value is -9.52. The predicted molar refractivity (Wildman–Crippen MR) is 266 cm³/mol. The van der Waals surface area contributed by atoms with Crippen molar-refractivity contribution in [2.24, 2.45) is 10.9 Å². The smallest absolute Gasteiger partial charge is 0.411 e. The van der Waals surface area contributed by atoms with Crippen LogP contribution in [0.5, 0.6) is 0 Å². The number of aromatic amines is 2. The molecule has 27 nitrogen and oxygen atoms in total. The third-order valence-electron chi connectivity index (χ3n) is 10.9. The average Bonchev–Trinajstić information content (AvgIpc) is 4.32. The van der Waals surface area contributed by atoms with Crippen molar-refractivity contribution >= 4 is 49.4 Å². The fraction of sp³-hybridized carbons (Fsp3) is 0.292. The van der Waals surface area contributed by atoms with E-state index >= 15 is 0 Å². The molecule has 0 aliphatic heterocycles. The summed E-state index contributed by atoms with van der Waals surface area (Å²) in [4.78, 5) is 47.6. The average molecular weight is 1030 g/mol. The zero-order valence-electron chi connectivity index (χ0n) is 40.9. The van der Waals surface area contributed by atoms with Crippen LogP contribution in [0.1, 0.15) is 46.7 Å². The maximum Gasteiger partial charge on any atom is 0.438 e. The molecule has 0 aliphatic rings. The van der Waals surface area contributed by atoms with Crippen LogP contribution in [0, 0.1) is 11.3 Å². The van der Waals surface area contributed by atoms with Gasteiger partial charge in [0.2, 0.25) is 20.4 Å². The Labute approximate surface area is 424 Å². The summed E-state index contributed by atoms with van der Waals surface area (Å²) in [5.74, 6) is 0.218. The molecule has 10 aromatic rings. The molecule has 6 heterocycles. The van der Waals surface area contributed by atoms with Gasteiger partial charge in [0.15, 0.2) is 11.6 Å². The van der Waals surface area contributed by atoms with Gasteiger partial charge in [0.25, 0.3) is 0 Å². The highest BCUT2D eigenvalue weighted by atomic mass is 16.8. The van der Waals surface area contributed by atoms with Gasteiger partial charge >= 0.3 is 11.5 Å². The van der Waals surface area contributed by atoms with Gasteiger partial charge in [0, 0.05) is 68.6 Å². The summed E-state index contributed by atoms with van der Waals surface area (Å²) in [5, 5.41) is 56.5. The molecule has 0 atom stereocenters. The lowest BCUT2D eigenvalue weighted by Crippen LogP contribution is -2.15. The van der Waals surface area contributed by atoms with Gasteiger partial charge in [-0.3, -0.25) is 19.0 Å². The summed E-state index contributed by atoms with van der Waals surface area (Å²) in [6, 6.07) is 25.5. The van der Waals surface area contributed by atoms with Crippen molar-refractivity contribution in [1.82, 2.24) is 60.1 Å². The standard InChI is InChI=1S/C13H14N4O4.C12H16N4O3.C12H13N3O2.C11H10N4O3/c1-19-8-20-17-11-4-2-9(6-10(11)7-14-17)3-5-12-15-13(18)21-16-12;1-18-8-19-16-11-4-2-9(3-5-12(13)15-17)6-10(11)7-14-16;1-16-9-17-15-12-5-4-10(3-2-6-13)7-11(12)8-14-15;16-11-13-10(14-18-11)4-2-7-1-3-9-8(5-7)6-12-15(9)17/h2,4,6-7H,3,5,8H2,1H3,(H,15,16,18);2,4,6-7,17H,3,5,8H2,1H3,(H2,13,15);4-5,7-8H,2-3,9H2,1H3;1,3,5-6,17H,2,4H2,(H,13,14,16). The normalized spacial score (nSPS) is 11.1. The summed E-state index contributed by atoms with van der Waals surface area (Å²) < 4.78 is 23.4. The first-order chi connectivity index (χ1) is 36.6. The Morgan fingerprint density at radius 3 is 1.37 bits per heavy atom. The number of hydrogen-bond acceptors (Lipinski definition) is 20. The molecular weight excluding hydrogens is 979 g/mol. The molecule has 75 heavy (non-hydrogen) atoms. The monoisotopic (exact) mass is 1030 g/mol. The number of ether oxygens (including phenoxy) is 3. The van der Waals surface area contributed by atoms with Crippen LogP contribution in [0.15, 0.2) is 121 Å². The fourth-order valence-electron chi connectivity index (χ4n) is 7.27. The molecule has 0 bridgehead atoms. The number of amidine groups is 1. The number of nitriles is 1. The number of nitrogens with zero attached hydrogens (tertiary/aromatic N) is 12. The van der Waals surface area contributed by atoms with Gasteiger partial charge in [-0.05, 0) is 96.5 Å². The van der Waals surface area contributed by atoms with E-state index in [1.54, 1.807) is 52.2 Å². The molecule has 0 amide bonds. The summed E-state index contributed by atoms with van der Waals surface area (Å²) in [6.07, 6.45) is 11.9. The third-order valence-corrected chi connectivity index (χ3v) is 10.9. The second kappa shape index (κ2) is 26.8. The molecule has 0 spiro atoms. The van der Waals surface area contributed by atoms with Gasteiger partial charge in [0.1, 0.15) is 27.9 Å². The molecule has 0 unspecified atom stereocenters. The number of aromatic nitrogens is 12. The minimum absolute atomic E-state index is 0.137. The number of methoxy groups -OCH3 is 3. The molecular formula is C48H53N15O12. The number of hydrogen-bond donors (Lipinski definition) is 5. The molecule has 0 radical (unpaired) electrons. The summed E-state index contributed by atoms with van der Waals surface area (Å²) in [7, 11) is 4.67. The van der Waals surface area contributed by atoms with Crippen LogP contribution in [-0.2, 0) is 52.7 Å². The highest BCUT2D eigenvalue weighted by Crippen LogP contribution is 2.19. The quantitative estimate of drug-likeness (QED) is 0.0182. The van der Waals surface area contributed by atoms with E-state index in [9.17, 15) is 14.8 Å². The van der Waals surface area contributed by atoms with E-state index < -0.39 is 11.5 Å². The lowest BCUT2D eigenvalue weighted by atomic mass is 10.1. The Morgan fingerprint density at radius 1 is 0.600 bits per heavy atom. The van der Waals surface area contributed by atoms with E-state index in [0.717, 1.165) is 84.5 Å². The molecule has 0 aliphatic carbocycles. The van der Waals surface area contributed by atoms with E-state index in [2.05, 4.69) is 60.9 Å². The molecule has 4 aromatic carbocycles. The fourth-order valence-corrected chi connectivity index (χ4v) is 7.27. The number of nitrogens with one attached hydrogen (secondary N) is 2. The Balaban J connectivity index is 0.000000146. The summed E-state index contributed by atoms with van der Waals surface area (Å²) >= 11 is 0. The number of oxime groups is 1.